The molecule has 5 rings (SSSR count). The number of piperidine rings is 1. The molecule has 2 aliphatic heterocycles. The van der Waals surface area contributed by atoms with E-state index in [1.165, 1.54) is 6.07 Å². The highest BCUT2D eigenvalue weighted by molar-refractivity contribution is 6.10. The van der Waals surface area contributed by atoms with E-state index in [4.69, 9.17) is 0 Å². The second-order valence-electron chi connectivity index (χ2n) is 8.96. The average molecular weight is 435 g/mol. The molecule has 6 nitrogen and oxygen atoms in total. The van der Waals surface area contributed by atoms with Crippen molar-refractivity contribution in [3.05, 3.63) is 53.8 Å². The second-order valence-corrected chi connectivity index (χ2v) is 8.96. The lowest BCUT2D eigenvalue weighted by Gasteiger charge is -2.37. The summed E-state index contributed by atoms with van der Waals surface area (Å²) in [6.45, 7) is 0.385. The summed E-state index contributed by atoms with van der Waals surface area (Å²) in [5.41, 5.74) is 1.78. The Morgan fingerprint density at radius 3 is 2.59 bits per heavy atom. The minimum absolute atomic E-state index is 0.0682. The second kappa shape index (κ2) is 8.37. The predicted octanol–water partition coefficient (Wildman–Crippen LogP) is 3.72. The van der Waals surface area contributed by atoms with E-state index in [0.717, 1.165) is 25.7 Å². The summed E-state index contributed by atoms with van der Waals surface area (Å²) in [4.78, 5) is 40.5. The maximum Gasteiger partial charge on any atom is 0.256 e. The van der Waals surface area contributed by atoms with Crippen LogP contribution in [0.2, 0.25) is 0 Å². The van der Waals surface area contributed by atoms with Crippen LogP contribution in [0.1, 0.15) is 48.9 Å². The van der Waals surface area contributed by atoms with Crippen LogP contribution < -0.4 is 10.6 Å². The molecule has 2 atom stereocenters. The van der Waals surface area contributed by atoms with Crippen molar-refractivity contribution in [2.75, 3.05) is 11.9 Å². The number of rotatable bonds is 3. The van der Waals surface area contributed by atoms with E-state index in [1.807, 2.05) is 0 Å². The minimum Gasteiger partial charge on any atom is -0.353 e. The van der Waals surface area contributed by atoms with Gasteiger partial charge in [-0.15, -0.1) is 0 Å². The minimum atomic E-state index is -0.644. The smallest absolute Gasteiger partial charge is 0.256 e. The number of nitrogens with one attached hydrogen (secondary N) is 2. The number of benzene rings is 2. The molecule has 2 N–H and O–H groups in total. The molecule has 3 amide bonds. The molecular weight excluding hydrogens is 409 g/mol. The first-order valence-corrected chi connectivity index (χ1v) is 11.3. The van der Waals surface area contributed by atoms with E-state index < -0.39 is 6.04 Å². The molecule has 3 aliphatic rings. The predicted molar refractivity (Wildman–Crippen MR) is 118 cm³/mol. The topological polar surface area (TPSA) is 78.5 Å². The van der Waals surface area contributed by atoms with E-state index in [9.17, 15) is 18.8 Å². The third-order valence-corrected chi connectivity index (χ3v) is 6.93. The van der Waals surface area contributed by atoms with Crippen LogP contribution in [0.3, 0.4) is 0 Å². The van der Waals surface area contributed by atoms with Gasteiger partial charge in [0.05, 0.1) is 11.3 Å². The lowest BCUT2D eigenvalue weighted by molar-refractivity contribution is -0.127. The Balaban J connectivity index is 1.37. The van der Waals surface area contributed by atoms with Gasteiger partial charge < -0.3 is 15.5 Å². The number of fused-ring (bicyclic) bond motifs is 2. The molecule has 0 bridgehead atoms. The third-order valence-electron chi connectivity index (χ3n) is 6.93. The molecule has 32 heavy (non-hydrogen) atoms. The zero-order valence-corrected chi connectivity index (χ0v) is 17.8. The first-order chi connectivity index (χ1) is 15.5. The van der Waals surface area contributed by atoms with Crippen LogP contribution >= 0.6 is 0 Å². The summed E-state index contributed by atoms with van der Waals surface area (Å²) in [6.07, 6.45) is 5.02. The Hall–Kier alpha value is -3.22. The monoisotopic (exact) mass is 435 g/mol. The van der Waals surface area contributed by atoms with E-state index >= 15 is 0 Å². The molecular formula is C25H26FN3O3. The van der Waals surface area contributed by atoms with E-state index in [0.29, 0.717) is 41.8 Å². The van der Waals surface area contributed by atoms with Gasteiger partial charge in [-0.3, -0.25) is 14.4 Å². The van der Waals surface area contributed by atoms with Gasteiger partial charge >= 0.3 is 0 Å². The molecule has 7 heteroatoms. The normalized spacial score (nSPS) is 23.2. The highest BCUT2D eigenvalue weighted by atomic mass is 19.1. The molecule has 0 aromatic heterocycles. The van der Waals surface area contributed by atoms with Gasteiger partial charge in [0.2, 0.25) is 11.8 Å². The Morgan fingerprint density at radius 1 is 1.03 bits per heavy atom. The number of anilines is 1. The fourth-order valence-electron chi connectivity index (χ4n) is 5.16. The quantitative estimate of drug-likeness (QED) is 0.771. The van der Waals surface area contributed by atoms with Crippen LogP contribution in [0.15, 0.2) is 42.5 Å². The maximum atomic E-state index is 14.3. The number of carbonyl (C=O) groups is 3. The summed E-state index contributed by atoms with van der Waals surface area (Å²) < 4.78 is 14.3. The van der Waals surface area contributed by atoms with Gasteiger partial charge in [0, 0.05) is 24.1 Å². The lowest BCUT2D eigenvalue weighted by atomic mass is 9.95. The van der Waals surface area contributed by atoms with Crippen LogP contribution in [0.25, 0.3) is 11.1 Å². The van der Waals surface area contributed by atoms with E-state index in [1.54, 1.807) is 41.3 Å². The fraction of sp³-hybridized carbons (Fsp3) is 0.400. The zero-order valence-electron chi connectivity index (χ0n) is 17.8. The fourth-order valence-corrected chi connectivity index (χ4v) is 5.16. The summed E-state index contributed by atoms with van der Waals surface area (Å²) in [6, 6.07) is 10.6. The first-order valence-electron chi connectivity index (χ1n) is 11.3. The van der Waals surface area contributed by atoms with Crippen LogP contribution in [0, 0.1) is 11.7 Å². The molecule has 166 valence electrons. The van der Waals surface area contributed by atoms with Gasteiger partial charge in [0.1, 0.15) is 11.9 Å². The van der Waals surface area contributed by atoms with Gasteiger partial charge in [-0.05, 0) is 49.4 Å². The standard InChI is InChI=1S/C25H26FN3O3/c26-20-8-4-3-7-18(20)16-9-10-21-19(13-16)25(32)29-12-11-17(14-22(29)24(31)28-21)27-23(30)15-5-1-2-6-15/h3-4,7-10,13,15,17,22H,1-2,5-6,11-12,14H2,(H,27,30)(H,28,31)/t17-,22-/m0/s1. The molecule has 1 aliphatic carbocycles. The van der Waals surface area contributed by atoms with Crippen LogP contribution in [-0.2, 0) is 9.59 Å². The van der Waals surface area contributed by atoms with Crippen molar-refractivity contribution < 1.29 is 18.8 Å². The van der Waals surface area contributed by atoms with Gasteiger partial charge in [-0.25, -0.2) is 4.39 Å². The number of hydrogen-bond donors (Lipinski definition) is 2. The Bertz CT molecular complexity index is 1080. The molecule has 0 spiro atoms. The van der Waals surface area contributed by atoms with Crippen LogP contribution in [-0.4, -0.2) is 41.2 Å². The van der Waals surface area contributed by atoms with Crippen molar-refractivity contribution in [3.8, 4) is 11.1 Å². The number of halogens is 1. The molecule has 2 aromatic rings. The molecule has 1 saturated carbocycles. The summed E-state index contributed by atoms with van der Waals surface area (Å²) in [5.74, 6) is -0.732. The number of carbonyl (C=O) groups excluding carboxylic acids is 3. The van der Waals surface area contributed by atoms with Crippen LogP contribution in [0.4, 0.5) is 10.1 Å². The lowest BCUT2D eigenvalue weighted by Crippen LogP contribution is -2.55. The van der Waals surface area contributed by atoms with Crippen LogP contribution in [0.5, 0.6) is 0 Å². The van der Waals surface area contributed by atoms with Gasteiger partial charge in [0.15, 0.2) is 0 Å². The number of hydrogen-bond acceptors (Lipinski definition) is 3. The molecule has 2 aromatic carbocycles. The zero-order chi connectivity index (χ0) is 22.2. The number of amides is 3. The van der Waals surface area contributed by atoms with Crippen molar-refractivity contribution >= 4 is 23.4 Å². The molecule has 1 saturated heterocycles. The third kappa shape index (κ3) is 3.76. The maximum absolute atomic E-state index is 14.3. The van der Waals surface area contributed by atoms with Crippen molar-refractivity contribution in [1.29, 1.82) is 0 Å². The molecule has 0 unspecified atom stereocenters. The highest BCUT2D eigenvalue weighted by Crippen LogP contribution is 2.33. The van der Waals surface area contributed by atoms with Gasteiger partial charge in [-0.1, -0.05) is 37.1 Å². The summed E-state index contributed by atoms with van der Waals surface area (Å²) in [5, 5.41) is 5.98. The molecule has 0 radical (unpaired) electrons. The summed E-state index contributed by atoms with van der Waals surface area (Å²) >= 11 is 0. The average Bonchev–Trinajstić information content (AvgIpc) is 3.31. The van der Waals surface area contributed by atoms with Crippen molar-refractivity contribution in [3.63, 3.8) is 0 Å². The Morgan fingerprint density at radius 2 is 1.81 bits per heavy atom. The molecule has 2 fully saturated rings. The summed E-state index contributed by atoms with van der Waals surface area (Å²) in [7, 11) is 0. The van der Waals surface area contributed by atoms with Crippen molar-refractivity contribution in [2.24, 2.45) is 5.92 Å². The van der Waals surface area contributed by atoms with Crippen molar-refractivity contribution in [1.82, 2.24) is 10.2 Å². The van der Waals surface area contributed by atoms with Crippen molar-refractivity contribution in [2.45, 2.75) is 50.6 Å². The Kier molecular flexibility index (Phi) is 5.41. The first kappa shape index (κ1) is 20.7. The number of nitrogens with zero attached hydrogens (tertiary/aromatic N) is 1. The molecule has 2 heterocycles. The van der Waals surface area contributed by atoms with Gasteiger partial charge in [0.25, 0.3) is 5.91 Å². The van der Waals surface area contributed by atoms with Gasteiger partial charge in [-0.2, -0.15) is 0 Å². The van der Waals surface area contributed by atoms with E-state index in [2.05, 4.69) is 10.6 Å². The largest absolute Gasteiger partial charge is 0.353 e. The highest BCUT2D eigenvalue weighted by Gasteiger charge is 2.40. The Labute approximate surface area is 186 Å². The van der Waals surface area contributed by atoms with E-state index in [-0.39, 0.29) is 35.5 Å². The SMILES string of the molecule is O=C(N[C@H]1CCN2C(=O)c3cc(-c4ccccc4F)ccc3NC(=O)[C@@H]2C1)C1CCCC1.